The van der Waals surface area contributed by atoms with E-state index in [-0.39, 0.29) is 0 Å². The van der Waals surface area contributed by atoms with Gasteiger partial charge >= 0.3 is 0 Å². The zero-order valence-electron chi connectivity index (χ0n) is 8.93. The molecule has 17 heavy (non-hydrogen) atoms. The molecule has 1 aromatic carbocycles. The first-order valence-corrected chi connectivity index (χ1v) is 6.48. The summed E-state index contributed by atoms with van der Waals surface area (Å²) in [6.07, 6.45) is 0. The van der Waals surface area contributed by atoms with Crippen molar-refractivity contribution in [3.05, 3.63) is 45.6 Å². The molecule has 0 radical (unpaired) electrons. The van der Waals surface area contributed by atoms with Gasteiger partial charge in [-0.25, -0.2) is 4.98 Å². The number of anilines is 1. The average Bonchev–Trinajstić information content (AvgIpc) is 2.88. The predicted molar refractivity (Wildman–Crippen MR) is 72.6 cm³/mol. The maximum absolute atomic E-state index is 5.93. The van der Waals surface area contributed by atoms with Crippen LogP contribution in [-0.4, -0.2) is 9.55 Å². The summed E-state index contributed by atoms with van der Waals surface area (Å²) in [6, 6.07) is 7.73. The molecule has 2 N–H and O–H groups in total. The molecule has 0 saturated carbocycles. The summed E-state index contributed by atoms with van der Waals surface area (Å²) >= 11 is 7.61. The van der Waals surface area contributed by atoms with Crippen LogP contribution in [0.2, 0.25) is 5.02 Å². The van der Waals surface area contributed by atoms with Crippen molar-refractivity contribution in [2.45, 2.75) is 6.54 Å². The van der Waals surface area contributed by atoms with Gasteiger partial charge in [-0.15, -0.1) is 0 Å². The van der Waals surface area contributed by atoms with Gasteiger partial charge in [0.25, 0.3) is 0 Å². The van der Waals surface area contributed by atoms with E-state index in [4.69, 9.17) is 17.3 Å². The van der Waals surface area contributed by atoms with Gasteiger partial charge in [-0.05, 0) is 40.6 Å². The number of nitrogens with zero attached hydrogens (tertiary/aromatic N) is 2. The van der Waals surface area contributed by atoms with Crippen LogP contribution >= 0.6 is 22.9 Å². The van der Waals surface area contributed by atoms with Gasteiger partial charge in [0.1, 0.15) is 0 Å². The zero-order chi connectivity index (χ0) is 11.8. The Morgan fingerprint density at radius 3 is 3.00 bits per heavy atom. The van der Waals surface area contributed by atoms with Crippen LogP contribution in [0, 0.1) is 0 Å². The first-order valence-electron chi connectivity index (χ1n) is 5.16. The molecule has 2 heterocycles. The topological polar surface area (TPSA) is 43.8 Å². The maximum atomic E-state index is 5.93. The van der Waals surface area contributed by atoms with Crippen LogP contribution in [0.25, 0.3) is 11.0 Å². The maximum Gasteiger partial charge on any atom is 0.201 e. The number of fused-ring (bicyclic) bond motifs is 1. The van der Waals surface area contributed by atoms with Gasteiger partial charge in [-0.3, -0.25) is 0 Å². The van der Waals surface area contributed by atoms with E-state index in [1.807, 2.05) is 22.8 Å². The van der Waals surface area contributed by atoms with Crippen molar-refractivity contribution in [2.75, 3.05) is 5.73 Å². The van der Waals surface area contributed by atoms with E-state index in [1.54, 1.807) is 11.3 Å². The number of imidazole rings is 1. The van der Waals surface area contributed by atoms with Crippen molar-refractivity contribution in [3.8, 4) is 0 Å². The Morgan fingerprint density at radius 2 is 2.24 bits per heavy atom. The minimum absolute atomic E-state index is 0.522. The van der Waals surface area contributed by atoms with Crippen LogP contribution in [0.4, 0.5) is 5.95 Å². The number of thiophene rings is 1. The molecule has 0 aliphatic carbocycles. The van der Waals surface area contributed by atoms with Crippen LogP contribution in [-0.2, 0) is 6.54 Å². The molecule has 5 heteroatoms. The second-order valence-electron chi connectivity index (χ2n) is 3.82. The highest BCUT2D eigenvalue weighted by atomic mass is 35.5. The van der Waals surface area contributed by atoms with Crippen LogP contribution in [0.5, 0.6) is 0 Å². The van der Waals surface area contributed by atoms with Gasteiger partial charge in [0, 0.05) is 5.02 Å². The van der Waals surface area contributed by atoms with Gasteiger partial charge in [0.15, 0.2) is 0 Å². The van der Waals surface area contributed by atoms with E-state index >= 15 is 0 Å². The van der Waals surface area contributed by atoms with Crippen molar-refractivity contribution in [2.24, 2.45) is 0 Å². The monoisotopic (exact) mass is 263 g/mol. The molecule has 3 rings (SSSR count). The number of hydrogen-bond donors (Lipinski definition) is 1. The average molecular weight is 264 g/mol. The molecule has 0 amide bonds. The Hall–Kier alpha value is -1.52. The van der Waals surface area contributed by atoms with Crippen LogP contribution in [0.1, 0.15) is 5.56 Å². The Bertz CT molecular complexity index is 658. The lowest BCUT2D eigenvalue weighted by atomic mass is 10.3. The third-order valence-electron chi connectivity index (χ3n) is 2.66. The highest BCUT2D eigenvalue weighted by Crippen LogP contribution is 2.23. The summed E-state index contributed by atoms with van der Waals surface area (Å²) in [5.41, 5.74) is 9.01. The van der Waals surface area contributed by atoms with E-state index in [2.05, 4.69) is 21.8 Å². The van der Waals surface area contributed by atoms with E-state index < -0.39 is 0 Å². The third kappa shape index (κ3) is 1.90. The fourth-order valence-corrected chi connectivity index (χ4v) is 2.68. The molecule has 0 saturated heterocycles. The SMILES string of the molecule is Nc1nc2cc(Cl)ccc2n1Cc1ccsc1. The van der Waals surface area contributed by atoms with Gasteiger partial charge in [-0.1, -0.05) is 11.6 Å². The second kappa shape index (κ2) is 4.05. The predicted octanol–water partition coefficient (Wildman–Crippen LogP) is 3.38. The van der Waals surface area contributed by atoms with E-state index in [9.17, 15) is 0 Å². The molecule has 3 aromatic rings. The Balaban J connectivity index is 2.12. The molecule has 3 nitrogen and oxygen atoms in total. The van der Waals surface area contributed by atoms with Crippen molar-refractivity contribution >= 4 is 39.9 Å². The standard InChI is InChI=1S/C12H10ClN3S/c13-9-1-2-11-10(5-9)15-12(14)16(11)6-8-3-4-17-7-8/h1-5,7H,6H2,(H2,14,15). The number of aromatic nitrogens is 2. The minimum atomic E-state index is 0.522. The quantitative estimate of drug-likeness (QED) is 0.770. The number of nitrogens with two attached hydrogens (primary N) is 1. The van der Waals surface area contributed by atoms with Gasteiger partial charge in [-0.2, -0.15) is 11.3 Å². The van der Waals surface area contributed by atoms with Crippen molar-refractivity contribution in [3.63, 3.8) is 0 Å². The Kier molecular flexibility index (Phi) is 2.53. The van der Waals surface area contributed by atoms with E-state index in [0.717, 1.165) is 17.6 Å². The molecular weight excluding hydrogens is 254 g/mol. The lowest BCUT2D eigenvalue weighted by Gasteiger charge is -2.04. The fourth-order valence-electron chi connectivity index (χ4n) is 1.85. The molecular formula is C12H10ClN3S. The van der Waals surface area contributed by atoms with Crippen molar-refractivity contribution in [1.29, 1.82) is 0 Å². The fraction of sp³-hybridized carbons (Fsp3) is 0.0833. The summed E-state index contributed by atoms with van der Waals surface area (Å²) in [6.45, 7) is 0.744. The minimum Gasteiger partial charge on any atom is -0.369 e. The third-order valence-corrected chi connectivity index (χ3v) is 3.63. The van der Waals surface area contributed by atoms with Crippen LogP contribution in [0.3, 0.4) is 0 Å². The smallest absolute Gasteiger partial charge is 0.201 e. The summed E-state index contributed by atoms with van der Waals surface area (Å²) in [7, 11) is 0. The lowest BCUT2D eigenvalue weighted by Crippen LogP contribution is -2.03. The number of halogens is 1. The molecule has 86 valence electrons. The Morgan fingerprint density at radius 1 is 1.35 bits per heavy atom. The molecule has 0 fully saturated rings. The van der Waals surface area contributed by atoms with Crippen molar-refractivity contribution in [1.82, 2.24) is 9.55 Å². The van der Waals surface area contributed by atoms with Gasteiger partial charge < -0.3 is 10.3 Å². The molecule has 0 spiro atoms. The molecule has 0 unspecified atom stereocenters. The highest BCUT2D eigenvalue weighted by molar-refractivity contribution is 7.07. The Labute approximate surface area is 107 Å². The van der Waals surface area contributed by atoms with Crippen LogP contribution < -0.4 is 5.73 Å². The molecule has 0 atom stereocenters. The largest absolute Gasteiger partial charge is 0.369 e. The highest BCUT2D eigenvalue weighted by Gasteiger charge is 2.08. The molecule has 0 aliphatic heterocycles. The van der Waals surface area contributed by atoms with E-state index in [1.165, 1.54) is 5.56 Å². The number of nitrogen functional groups attached to an aromatic ring is 1. The van der Waals surface area contributed by atoms with Gasteiger partial charge in [0.05, 0.1) is 17.6 Å². The number of rotatable bonds is 2. The second-order valence-corrected chi connectivity index (χ2v) is 5.04. The molecule has 0 aliphatic rings. The van der Waals surface area contributed by atoms with Crippen LogP contribution in [0.15, 0.2) is 35.0 Å². The normalized spacial score (nSPS) is 11.1. The summed E-state index contributed by atoms with van der Waals surface area (Å²) in [5, 5.41) is 4.85. The summed E-state index contributed by atoms with van der Waals surface area (Å²) in [5.74, 6) is 0.522. The van der Waals surface area contributed by atoms with Crippen molar-refractivity contribution < 1.29 is 0 Å². The number of benzene rings is 1. The number of hydrogen-bond acceptors (Lipinski definition) is 3. The lowest BCUT2D eigenvalue weighted by molar-refractivity contribution is 0.842. The van der Waals surface area contributed by atoms with E-state index in [0.29, 0.717) is 11.0 Å². The first kappa shape index (κ1) is 10.6. The first-order chi connectivity index (χ1) is 8.24. The summed E-state index contributed by atoms with van der Waals surface area (Å²) < 4.78 is 1.99. The molecule has 0 bridgehead atoms. The zero-order valence-corrected chi connectivity index (χ0v) is 10.5. The van der Waals surface area contributed by atoms with Gasteiger partial charge in [0.2, 0.25) is 5.95 Å². The summed E-state index contributed by atoms with van der Waals surface area (Å²) in [4.78, 5) is 4.31. The molecule has 2 aromatic heterocycles.